The van der Waals surface area contributed by atoms with Crippen LogP contribution in [0, 0.1) is 5.92 Å². The van der Waals surface area contributed by atoms with E-state index in [4.69, 9.17) is 4.74 Å². The summed E-state index contributed by atoms with van der Waals surface area (Å²) in [7, 11) is 0. The van der Waals surface area contributed by atoms with Gasteiger partial charge in [-0.2, -0.15) is 0 Å². The summed E-state index contributed by atoms with van der Waals surface area (Å²) < 4.78 is 5.67. The molecule has 2 atom stereocenters. The molecule has 2 N–H and O–H groups in total. The Kier molecular flexibility index (Phi) is 6.80. The molecule has 2 rings (SSSR count). The second kappa shape index (κ2) is 8.63. The van der Waals surface area contributed by atoms with Crippen LogP contribution in [-0.2, 0) is 9.53 Å². The fourth-order valence-corrected chi connectivity index (χ4v) is 3.45. The lowest BCUT2D eigenvalue weighted by Crippen LogP contribution is -2.41. The molecule has 1 amide bonds. The van der Waals surface area contributed by atoms with E-state index in [1.807, 2.05) is 0 Å². The molecule has 0 aromatic rings. The van der Waals surface area contributed by atoms with Crippen molar-refractivity contribution in [2.45, 2.75) is 70.4 Å². The number of ether oxygens (including phenoxy) is 1. The molecule has 0 radical (unpaired) electrons. The van der Waals surface area contributed by atoms with Crippen molar-refractivity contribution in [1.82, 2.24) is 10.6 Å². The third kappa shape index (κ3) is 5.06. The first-order chi connectivity index (χ1) is 9.79. The molecule has 0 spiro atoms. The van der Waals surface area contributed by atoms with Crippen molar-refractivity contribution in [1.29, 1.82) is 0 Å². The van der Waals surface area contributed by atoms with Crippen molar-refractivity contribution in [2.24, 2.45) is 5.92 Å². The van der Waals surface area contributed by atoms with Gasteiger partial charge in [0.05, 0.1) is 12.6 Å². The summed E-state index contributed by atoms with van der Waals surface area (Å²) in [6.07, 6.45) is 10.0. The average molecular weight is 282 g/mol. The summed E-state index contributed by atoms with van der Waals surface area (Å²) in [5.74, 6) is 0.731. The van der Waals surface area contributed by atoms with E-state index in [-0.39, 0.29) is 5.91 Å². The number of nitrogens with one attached hydrogen (secondary N) is 2. The van der Waals surface area contributed by atoms with Gasteiger partial charge in [-0.15, -0.1) is 0 Å². The molecule has 0 bridgehead atoms. The van der Waals surface area contributed by atoms with Crippen LogP contribution in [0.25, 0.3) is 0 Å². The van der Waals surface area contributed by atoms with Crippen LogP contribution >= 0.6 is 0 Å². The number of amides is 1. The van der Waals surface area contributed by atoms with Gasteiger partial charge < -0.3 is 15.4 Å². The SMILES string of the molecule is CCC1OCCC1CNCC(=O)NC1CCCCCC1. The zero-order valence-corrected chi connectivity index (χ0v) is 12.8. The van der Waals surface area contributed by atoms with Crippen LogP contribution in [0.5, 0.6) is 0 Å². The number of hydrogen-bond donors (Lipinski definition) is 2. The second-order valence-corrected chi connectivity index (χ2v) is 6.25. The van der Waals surface area contributed by atoms with Crippen LogP contribution in [-0.4, -0.2) is 37.7 Å². The molecule has 1 heterocycles. The molecule has 2 unspecified atom stereocenters. The molecule has 1 saturated heterocycles. The number of carbonyl (C=O) groups excluding carboxylic acids is 1. The number of rotatable bonds is 6. The topological polar surface area (TPSA) is 50.4 Å². The fraction of sp³-hybridized carbons (Fsp3) is 0.938. The van der Waals surface area contributed by atoms with Crippen LogP contribution in [0.15, 0.2) is 0 Å². The van der Waals surface area contributed by atoms with Crippen LogP contribution in [0.2, 0.25) is 0 Å². The van der Waals surface area contributed by atoms with Crippen molar-refractivity contribution in [2.75, 3.05) is 19.7 Å². The third-order valence-corrected chi connectivity index (χ3v) is 4.66. The minimum absolute atomic E-state index is 0.156. The molecule has 4 nitrogen and oxygen atoms in total. The van der Waals surface area contributed by atoms with Crippen molar-refractivity contribution in [3.63, 3.8) is 0 Å². The first-order valence-corrected chi connectivity index (χ1v) is 8.41. The van der Waals surface area contributed by atoms with Crippen molar-refractivity contribution in [3.05, 3.63) is 0 Å². The molecule has 4 heteroatoms. The second-order valence-electron chi connectivity index (χ2n) is 6.25. The van der Waals surface area contributed by atoms with Gasteiger partial charge in [-0.1, -0.05) is 32.6 Å². The maximum absolute atomic E-state index is 11.9. The summed E-state index contributed by atoms with van der Waals surface area (Å²) in [4.78, 5) is 11.9. The van der Waals surface area contributed by atoms with E-state index in [1.54, 1.807) is 0 Å². The van der Waals surface area contributed by atoms with E-state index >= 15 is 0 Å². The van der Waals surface area contributed by atoms with E-state index in [1.165, 1.54) is 25.7 Å². The van der Waals surface area contributed by atoms with Crippen LogP contribution in [0.4, 0.5) is 0 Å². The van der Waals surface area contributed by atoms with E-state index in [2.05, 4.69) is 17.6 Å². The van der Waals surface area contributed by atoms with Gasteiger partial charge in [0.1, 0.15) is 0 Å². The molecular formula is C16H30N2O2. The van der Waals surface area contributed by atoms with Gasteiger partial charge in [0.25, 0.3) is 0 Å². The van der Waals surface area contributed by atoms with Crippen LogP contribution in [0.3, 0.4) is 0 Å². The Bertz CT molecular complexity index is 288. The fourth-order valence-electron chi connectivity index (χ4n) is 3.45. The van der Waals surface area contributed by atoms with Crippen LogP contribution in [0.1, 0.15) is 58.3 Å². The highest BCUT2D eigenvalue weighted by Gasteiger charge is 2.26. The van der Waals surface area contributed by atoms with Gasteiger partial charge in [0.15, 0.2) is 0 Å². The van der Waals surface area contributed by atoms with Crippen molar-refractivity contribution < 1.29 is 9.53 Å². The Labute approximate surface area is 123 Å². The standard InChI is InChI=1S/C16H30N2O2/c1-2-15-13(9-10-20-15)11-17-12-16(19)18-14-7-5-3-4-6-8-14/h13-15,17H,2-12H2,1H3,(H,18,19). The molecular weight excluding hydrogens is 252 g/mol. The Morgan fingerprint density at radius 3 is 2.60 bits per heavy atom. The minimum atomic E-state index is 0.156. The largest absolute Gasteiger partial charge is 0.378 e. The highest BCUT2D eigenvalue weighted by Crippen LogP contribution is 2.22. The van der Waals surface area contributed by atoms with Gasteiger partial charge in [-0.3, -0.25) is 4.79 Å². The average Bonchev–Trinajstić information content (AvgIpc) is 2.74. The summed E-state index contributed by atoms with van der Waals surface area (Å²) in [6, 6.07) is 0.407. The smallest absolute Gasteiger partial charge is 0.234 e. The summed E-state index contributed by atoms with van der Waals surface area (Å²) in [5.41, 5.74) is 0. The summed E-state index contributed by atoms with van der Waals surface area (Å²) >= 11 is 0. The molecule has 116 valence electrons. The molecule has 0 aromatic heterocycles. The Balaban J connectivity index is 1.59. The minimum Gasteiger partial charge on any atom is -0.378 e. The van der Waals surface area contributed by atoms with Gasteiger partial charge in [0, 0.05) is 19.2 Å². The molecule has 2 aliphatic rings. The highest BCUT2D eigenvalue weighted by molar-refractivity contribution is 5.78. The Morgan fingerprint density at radius 2 is 1.90 bits per heavy atom. The lowest BCUT2D eigenvalue weighted by atomic mass is 10.00. The van der Waals surface area contributed by atoms with Gasteiger partial charge in [-0.25, -0.2) is 0 Å². The zero-order chi connectivity index (χ0) is 14.2. The summed E-state index contributed by atoms with van der Waals surface area (Å²) in [5, 5.41) is 6.48. The zero-order valence-electron chi connectivity index (χ0n) is 12.8. The predicted molar refractivity (Wildman–Crippen MR) is 80.6 cm³/mol. The molecule has 1 aliphatic carbocycles. The van der Waals surface area contributed by atoms with Crippen molar-refractivity contribution in [3.8, 4) is 0 Å². The third-order valence-electron chi connectivity index (χ3n) is 4.66. The molecule has 1 saturated carbocycles. The lowest BCUT2D eigenvalue weighted by molar-refractivity contribution is -0.121. The van der Waals surface area contributed by atoms with Gasteiger partial charge in [-0.05, 0) is 31.6 Å². The number of hydrogen-bond acceptors (Lipinski definition) is 3. The lowest BCUT2D eigenvalue weighted by Gasteiger charge is -2.19. The molecule has 20 heavy (non-hydrogen) atoms. The van der Waals surface area contributed by atoms with E-state index in [0.29, 0.717) is 24.6 Å². The van der Waals surface area contributed by atoms with Gasteiger partial charge in [0.2, 0.25) is 5.91 Å². The van der Waals surface area contributed by atoms with Gasteiger partial charge >= 0.3 is 0 Å². The van der Waals surface area contributed by atoms with Crippen molar-refractivity contribution >= 4 is 5.91 Å². The normalized spacial score (nSPS) is 28.2. The van der Waals surface area contributed by atoms with E-state index in [9.17, 15) is 4.79 Å². The van der Waals surface area contributed by atoms with E-state index < -0.39 is 0 Å². The molecule has 0 aromatic carbocycles. The Morgan fingerprint density at radius 1 is 1.15 bits per heavy atom. The first kappa shape index (κ1) is 15.8. The monoisotopic (exact) mass is 282 g/mol. The quantitative estimate of drug-likeness (QED) is 0.735. The first-order valence-electron chi connectivity index (χ1n) is 8.41. The maximum atomic E-state index is 11.9. The predicted octanol–water partition coefficient (Wildman–Crippen LogP) is 2.23. The van der Waals surface area contributed by atoms with Crippen LogP contribution < -0.4 is 10.6 Å². The maximum Gasteiger partial charge on any atom is 0.234 e. The Hall–Kier alpha value is -0.610. The van der Waals surface area contributed by atoms with E-state index in [0.717, 1.165) is 38.8 Å². The molecule has 2 fully saturated rings. The number of carbonyl (C=O) groups is 1. The summed E-state index contributed by atoms with van der Waals surface area (Å²) in [6.45, 7) is 4.39. The molecule has 1 aliphatic heterocycles. The highest BCUT2D eigenvalue weighted by atomic mass is 16.5.